The molecule has 29 heavy (non-hydrogen) atoms. The molecule has 0 unspecified atom stereocenters. The molecule has 0 aliphatic heterocycles. The van der Waals surface area contributed by atoms with Gasteiger partial charge in [-0.15, -0.1) is 11.3 Å². The summed E-state index contributed by atoms with van der Waals surface area (Å²) in [4.78, 5) is 25.4. The van der Waals surface area contributed by atoms with E-state index in [1.54, 1.807) is 31.2 Å². The van der Waals surface area contributed by atoms with E-state index in [4.69, 9.17) is 9.47 Å². The van der Waals surface area contributed by atoms with Crippen molar-refractivity contribution in [1.82, 2.24) is 0 Å². The molecular weight excluding hydrogens is 391 g/mol. The lowest BCUT2D eigenvalue weighted by Crippen LogP contribution is -2.10. The maximum Gasteiger partial charge on any atom is 0.348 e. The SMILES string of the molecule is CCOC(=O)c1sc2cccc(F)c2c1COC(=O)c1cccc2ccccc12. The number of rotatable bonds is 5. The van der Waals surface area contributed by atoms with Gasteiger partial charge in [0.25, 0.3) is 0 Å². The number of halogens is 1. The van der Waals surface area contributed by atoms with Crippen molar-refractivity contribution >= 4 is 44.1 Å². The van der Waals surface area contributed by atoms with Gasteiger partial charge in [-0.25, -0.2) is 14.0 Å². The zero-order valence-corrected chi connectivity index (χ0v) is 16.4. The van der Waals surface area contributed by atoms with Crippen LogP contribution in [0.5, 0.6) is 0 Å². The summed E-state index contributed by atoms with van der Waals surface area (Å²) < 4.78 is 25.7. The van der Waals surface area contributed by atoms with Crippen LogP contribution in [0.15, 0.2) is 60.7 Å². The molecule has 0 N–H and O–H groups in total. The van der Waals surface area contributed by atoms with Crippen LogP contribution >= 0.6 is 11.3 Å². The fourth-order valence-electron chi connectivity index (χ4n) is 3.29. The van der Waals surface area contributed by atoms with Gasteiger partial charge in [0.15, 0.2) is 0 Å². The van der Waals surface area contributed by atoms with Gasteiger partial charge in [-0.3, -0.25) is 0 Å². The Morgan fingerprint density at radius 2 is 1.69 bits per heavy atom. The number of fused-ring (bicyclic) bond motifs is 2. The second kappa shape index (κ2) is 8.01. The Labute approximate surface area is 170 Å². The number of hydrogen-bond acceptors (Lipinski definition) is 5. The number of esters is 2. The van der Waals surface area contributed by atoms with E-state index in [-0.39, 0.29) is 23.5 Å². The van der Waals surface area contributed by atoms with E-state index in [0.717, 1.165) is 22.1 Å². The summed E-state index contributed by atoms with van der Waals surface area (Å²) in [6, 6.07) is 17.5. The molecule has 6 heteroatoms. The van der Waals surface area contributed by atoms with Crippen LogP contribution in [0.3, 0.4) is 0 Å². The second-order valence-corrected chi connectivity index (χ2v) is 7.40. The van der Waals surface area contributed by atoms with Crippen molar-refractivity contribution in [3.63, 3.8) is 0 Å². The fraction of sp³-hybridized carbons (Fsp3) is 0.130. The number of ether oxygens (including phenoxy) is 2. The lowest BCUT2D eigenvalue weighted by atomic mass is 10.0. The van der Waals surface area contributed by atoms with Crippen LogP contribution in [-0.2, 0) is 16.1 Å². The minimum Gasteiger partial charge on any atom is -0.462 e. The van der Waals surface area contributed by atoms with Gasteiger partial charge in [-0.2, -0.15) is 0 Å². The molecule has 0 radical (unpaired) electrons. The van der Waals surface area contributed by atoms with Crippen LogP contribution in [0.2, 0.25) is 0 Å². The van der Waals surface area contributed by atoms with Crippen molar-refractivity contribution in [2.24, 2.45) is 0 Å². The molecule has 3 aromatic carbocycles. The van der Waals surface area contributed by atoms with Crippen molar-refractivity contribution < 1.29 is 23.5 Å². The number of carbonyl (C=O) groups excluding carboxylic acids is 2. The molecule has 0 aliphatic carbocycles. The Morgan fingerprint density at radius 3 is 2.52 bits per heavy atom. The van der Waals surface area contributed by atoms with E-state index in [1.165, 1.54) is 6.07 Å². The average Bonchev–Trinajstić information content (AvgIpc) is 3.12. The minimum atomic E-state index is -0.552. The first kappa shape index (κ1) is 19.1. The molecule has 0 amide bonds. The zero-order chi connectivity index (χ0) is 20.4. The third kappa shape index (κ3) is 3.59. The summed E-state index contributed by atoms with van der Waals surface area (Å²) in [7, 11) is 0. The molecule has 1 heterocycles. The molecule has 4 nitrogen and oxygen atoms in total. The summed E-state index contributed by atoms with van der Waals surface area (Å²) in [6.45, 7) is 1.67. The third-order valence-electron chi connectivity index (χ3n) is 4.58. The van der Waals surface area contributed by atoms with E-state index in [0.29, 0.717) is 15.8 Å². The van der Waals surface area contributed by atoms with Gasteiger partial charge in [0, 0.05) is 15.6 Å². The summed E-state index contributed by atoms with van der Waals surface area (Å²) in [5, 5.41) is 1.97. The highest BCUT2D eigenvalue weighted by Crippen LogP contribution is 2.34. The first-order valence-electron chi connectivity index (χ1n) is 9.12. The van der Waals surface area contributed by atoms with Crippen LogP contribution in [0.1, 0.15) is 32.5 Å². The van der Waals surface area contributed by atoms with Crippen LogP contribution in [0, 0.1) is 5.82 Å². The Balaban J connectivity index is 1.69. The molecule has 146 valence electrons. The molecular formula is C23H17FO4S. The van der Waals surface area contributed by atoms with Gasteiger partial charge >= 0.3 is 11.9 Å². The Morgan fingerprint density at radius 1 is 0.931 bits per heavy atom. The summed E-state index contributed by atoms with van der Waals surface area (Å²) in [6.07, 6.45) is 0. The lowest BCUT2D eigenvalue weighted by molar-refractivity contribution is 0.0456. The van der Waals surface area contributed by atoms with E-state index < -0.39 is 17.8 Å². The largest absolute Gasteiger partial charge is 0.462 e. The Bertz CT molecular complexity index is 1220. The van der Waals surface area contributed by atoms with Crippen LogP contribution in [0.25, 0.3) is 20.9 Å². The standard InChI is InChI=1S/C23H17FO4S/c1-2-27-23(26)21-17(20-18(24)11-6-12-19(20)29-21)13-28-22(25)16-10-5-8-14-7-3-4-9-15(14)16/h3-12H,2,13H2,1H3. The predicted octanol–water partition coefficient (Wildman–Crippen LogP) is 5.73. The highest BCUT2D eigenvalue weighted by Gasteiger charge is 2.23. The zero-order valence-electron chi connectivity index (χ0n) is 15.6. The number of hydrogen-bond donors (Lipinski definition) is 0. The normalized spacial score (nSPS) is 11.0. The van der Waals surface area contributed by atoms with Crippen molar-refractivity contribution in [3.8, 4) is 0 Å². The number of thiophene rings is 1. The molecule has 0 bridgehead atoms. The molecule has 0 saturated heterocycles. The molecule has 1 aromatic heterocycles. The lowest BCUT2D eigenvalue weighted by Gasteiger charge is -2.09. The van der Waals surface area contributed by atoms with Gasteiger partial charge < -0.3 is 9.47 Å². The number of carbonyl (C=O) groups is 2. The van der Waals surface area contributed by atoms with Gasteiger partial charge in [0.1, 0.15) is 17.3 Å². The summed E-state index contributed by atoms with van der Waals surface area (Å²) in [5.74, 6) is -1.55. The quantitative estimate of drug-likeness (QED) is 0.396. The molecule has 0 aliphatic rings. The maximum atomic E-state index is 14.5. The average molecular weight is 408 g/mol. The van der Waals surface area contributed by atoms with Gasteiger partial charge in [-0.05, 0) is 35.9 Å². The second-order valence-electron chi connectivity index (χ2n) is 6.35. The third-order valence-corrected chi connectivity index (χ3v) is 5.76. The molecule has 0 spiro atoms. The minimum absolute atomic E-state index is 0.199. The highest BCUT2D eigenvalue weighted by atomic mass is 32.1. The summed E-state index contributed by atoms with van der Waals surface area (Å²) >= 11 is 1.13. The first-order valence-corrected chi connectivity index (χ1v) is 9.93. The van der Waals surface area contributed by atoms with Crippen LogP contribution < -0.4 is 0 Å². The molecule has 0 fully saturated rings. The summed E-state index contributed by atoms with van der Waals surface area (Å²) in [5.41, 5.74) is 0.746. The molecule has 4 rings (SSSR count). The molecule has 4 aromatic rings. The van der Waals surface area contributed by atoms with Gasteiger partial charge in [-0.1, -0.05) is 42.5 Å². The fourth-order valence-corrected chi connectivity index (χ4v) is 4.40. The predicted molar refractivity (Wildman–Crippen MR) is 111 cm³/mol. The maximum absolute atomic E-state index is 14.5. The van der Waals surface area contributed by atoms with Crippen LogP contribution in [0.4, 0.5) is 4.39 Å². The van der Waals surface area contributed by atoms with E-state index in [2.05, 4.69) is 0 Å². The van der Waals surface area contributed by atoms with Crippen LogP contribution in [-0.4, -0.2) is 18.5 Å². The van der Waals surface area contributed by atoms with Gasteiger partial charge in [0.05, 0.1) is 12.2 Å². The monoisotopic (exact) mass is 408 g/mol. The van der Waals surface area contributed by atoms with E-state index in [1.807, 2.05) is 30.3 Å². The highest BCUT2D eigenvalue weighted by molar-refractivity contribution is 7.21. The molecule has 0 atom stereocenters. The Hall–Kier alpha value is -3.25. The number of benzene rings is 3. The van der Waals surface area contributed by atoms with Crippen molar-refractivity contribution in [3.05, 3.63) is 82.5 Å². The van der Waals surface area contributed by atoms with E-state index in [9.17, 15) is 14.0 Å². The van der Waals surface area contributed by atoms with E-state index >= 15 is 0 Å². The smallest absolute Gasteiger partial charge is 0.348 e. The van der Waals surface area contributed by atoms with Crippen molar-refractivity contribution in [2.45, 2.75) is 13.5 Å². The topological polar surface area (TPSA) is 52.6 Å². The van der Waals surface area contributed by atoms with Gasteiger partial charge in [0.2, 0.25) is 0 Å². The first-order chi connectivity index (χ1) is 14.1. The van der Waals surface area contributed by atoms with Crippen molar-refractivity contribution in [1.29, 1.82) is 0 Å². The van der Waals surface area contributed by atoms with Crippen molar-refractivity contribution in [2.75, 3.05) is 6.61 Å². The molecule has 0 saturated carbocycles. The Kier molecular flexibility index (Phi) is 5.27.